The van der Waals surface area contributed by atoms with Crippen LogP contribution < -0.4 is 5.73 Å². The zero-order valence-corrected chi connectivity index (χ0v) is 11.4. The van der Waals surface area contributed by atoms with Crippen molar-refractivity contribution in [2.45, 2.75) is 13.3 Å². The smallest absolute Gasteiger partial charge is 0.123 e. The molecule has 0 amide bonds. The van der Waals surface area contributed by atoms with Crippen molar-refractivity contribution in [2.24, 2.45) is 5.73 Å². The Kier molecular flexibility index (Phi) is 3.74. The lowest BCUT2D eigenvalue weighted by Crippen LogP contribution is -2.01. The summed E-state index contributed by atoms with van der Waals surface area (Å²) in [5.41, 5.74) is 7.84. The van der Waals surface area contributed by atoms with Crippen LogP contribution in [0.4, 0.5) is 0 Å². The molecule has 0 aliphatic carbocycles. The number of hydrogen-bond donors (Lipinski definition) is 1. The van der Waals surface area contributed by atoms with Gasteiger partial charge in [-0.3, -0.25) is 0 Å². The number of nitrogens with zero attached hydrogens (tertiary/aromatic N) is 1. The molecule has 0 unspecified atom stereocenters. The Bertz CT molecular complexity index is 476. The molecular weight excluding hydrogens is 284 g/mol. The van der Waals surface area contributed by atoms with Crippen LogP contribution in [0.5, 0.6) is 0 Å². The minimum atomic E-state index is 0.683. The number of halogens is 1. The van der Waals surface area contributed by atoms with Gasteiger partial charge in [0.1, 0.15) is 5.01 Å². The molecule has 0 spiro atoms. The average Bonchev–Trinajstić information content (AvgIpc) is 2.62. The van der Waals surface area contributed by atoms with Crippen LogP contribution in [0.1, 0.15) is 10.6 Å². The third-order valence-electron chi connectivity index (χ3n) is 2.36. The van der Waals surface area contributed by atoms with Crippen molar-refractivity contribution in [3.8, 4) is 10.6 Å². The van der Waals surface area contributed by atoms with E-state index in [0.717, 1.165) is 21.6 Å². The van der Waals surface area contributed by atoms with Gasteiger partial charge < -0.3 is 5.73 Å². The van der Waals surface area contributed by atoms with E-state index in [0.29, 0.717) is 6.54 Å². The average molecular weight is 297 g/mol. The van der Waals surface area contributed by atoms with E-state index < -0.39 is 0 Å². The number of hydrogen-bond acceptors (Lipinski definition) is 3. The maximum atomic E-state index is 5.57. The molecule has 0 bridgehead atoms. The first-order chi connectivity index (χ1) is 7.70. The molecule has 0 aliphatic heterocycles. The van der Waals surface area contributed by atoms with Crippen LogP contribution in [0.3, 0.4) is 0 Å². The second-order valence-electron chi connectivity index (χ2n) is 3.57. The first-order valence-electron chi connectivity index (χ1n) is 5.13. The van der Waals surface area contributed by atoms with Gasteiger partial charge in [-0.1, -0.05) is 28.1 Å². The lowest BCUT2D eigenvalue weighted by molar-refractivity contribution is 0.970. The fourth-order valence-corrected chi connectivity index (χ4v) is 2.85. The van der Waals surface area contributed by atoms with Crippen LogP contribution in [-0.4, -0.2) is 11.5 Å². The Balaban J connectivity index is 2.33. The lowest BCUT2D eigenvalue weighted by Gasteiger charge is -1.95. The van der Waals surface area contributed by atoms with Crippen LogP contribution in [0.2, 0.25) is 0 Å². The van der Waals surface area contributed by atoms with Crippen molar-refractivity contribution < 1.29 is 0 Å². The third kappa shape index (κ3) is 2.51. The second-order valence-corrected chi connectivity index (χ2v) is 5.57. The van der Waals surface area contributed by atoms with Crippen molar-refractivity contribution >= 4 is 27.3 Å². The first kappa shape index (κ1) is 11.8. The molecule has 2 aromatic rings. The molecule has 2 N–H and O–H groups in total. The molecule has 0 atom stereocenters. The highest BCUT2D eigenvalue weighted by Gasteiger charge is 2.08. The van der Waals surface area contributed by atoms with Gasteiger partial charge in [-0.05, 0) is 32.0 Å². The molecule has 4 heteroatoms. The summed E-state index contributed by atoms with van der Waals surface area (Å²) in [6.45, 7) is 2.73. The predicted molar refractivity (Wildman–Crippen MR) is 72.7 cm³/mol. The van der Waals surface area contributed by atoms with Gasteiger partial charge in [0.05, 0.1) is 5.69 Å². The Morgan fingerprint density at radius 2 is 2.00 bits per heavy atom. The van der Waals surface area contributed by atoms with E-state index in [9.17, 15) is 0 Å². The summed E-state index contributed by atoms with van der Waals surface area (Å²) in [6, 6.07) is 8.23. The normalized spacial score (nSPS) is 10.7. The monoisotopic (exact) mass is 296 g/mol. The summed E-state index contributed by atoms with van der Waals surface area (Å²) >= 11 is 5.17. The van der Waals surface area contributed by atoms with Crippen molar-refractivity contribution in [2.75, 3.05) is 6.54 Å². The summed E-state index contributed by atoms with van der Waals surface area (Å²) in [6.07, 6.45) is 0.917. The SMILES string of the molecule is Cc1nc(-c2ccc(Br)cc2)sc1CCN. The fourth-order valence-electron chi connectivity index (χ4n) is 1.51. The number of rotatable bonds is 3. The molecule has 1 aromatic carbocycles. The Morgan fingerprint density at radius 1 is 1.31 bits per heavy atom. The molecule has 1 heterocycles. The molecule has 1 aromatic heterocycles. The predicted octanol–water partition coefficient (Wildman–Crippen LogP) is 3.38. The first-order valence-corrected chi connectivity index (χ1v) is 6.74. The van der Waals surface area contributed by atoms with Gasteiger partial charge in [-0.25, -0.2) is 4.98 Å². The van der Waals surface area contributed by atoms with Gasteiger partial charge in [0.2, 0.25) is 0 Å². The summed E-state index contributed by atoms with van der Waals surface area (Å²) in [5.74, 6) is 0. The number of thiazole rings is 1. The topological polar surface area (TPSA) is 38.9 Å². The summed E-state index contributed by atoms with van der Waals surface area (Å²) < 4.78 is 1.09. The zero-order valence-electron chi connectivity index (χ0n) is 9.03. The largest absolute Gasteiger partial charge is 0.330 e. The molecule has 2 rings (SSSR count). The molecule has 2 nitrogen and oxygen atoms in total. The van der Waals surface area contributed by atoms with Gasteiger partial charge in [-0.15, -0.1) is 11.3 Å². The van der Waals surface area contributed by atoms with E-state index >= 15 is 0 Å². The highest BCUT2D eigenvalue weighted by Crippen LogP contribution is 2.28. The molecule has 0 radical (unpaired) electrons. The Hall–Kier alpha value is -0.710. The Morgan fingerprint density at radius 3 is 2.62 bits per heavy atom. The van der Waals surface area contributed by atoms with E-state index in [-0.39, 0.29) is 0 Å². The Labute approximate surface area is 108 Å². The minimum absolute atomic E-state index is 0.683. The van der Waals surface area contributed by atoms with Crippen LogP contribution in [0.25, 0.3) is 10.6 Å². The number of aryl methyl sites for hydroxylation is 1. The lowest BCUT2D eigenvalue weighted by atomic mass is 10.2. The van der Waals surface area contributed by atoms with Crippen LogP contribution in [0, 0.1) is 6.92 Å². The van der Waals surface area contributed by atoms with E-state index in [1.807, 2.05) is 19.1 Å². The van der Waals surface area contributed by atoms with Crippen LogP contribution >= 0.6 is 27.3 Å². The van der Waals surface area contributed by atoms with Gasteiger partial charge >= 0.3 is 0 Å². The second kappa shape index (κ2) is 5.08. The van der Waals surface area contributed by atoms with Crippen LogP contribution in [0.15, 0.2) is 28.7 Å². The molecule has 0 aliphatic rings. The van der Waals surface area contributed by atoms with E-state index in [2.05, 4.69) is 33.0 Å². The van der Waals surface area contributed by atoms with E-state index in [4.69, 9.17) is 5.73 Å². The van der Waals surface area contributed by atoms with Crippen molar-refractivity contribution in [3.05, 3.63) is 39.3 Å². The summed E-state index contributed by atoms with van der Waals surface area (Å²) in [7, 11) is 0. The zero-order chi connectivity index (χ0) is 11.5. The number of benzene rings is 1. The molecule has 0 saturated heterocycles. The molecular formula is C12H13BrN2S. The van der Waals surface area contributed by atoms with Crippen molar-refractivity contribution in [1.82, 2.24) is 4.98 Å². The highest BCUT2D eigenvalue weighted by molar-refractivity contribution is 9.10. The summed E-state index contributed by atoms with van der Waals surface area (Å²) in [4.78, 5) is 5.87. The van der Waals surface area contributed by atoms with Crippen LogP contribution in [-0.2, 0) is 6.42 Å². The molecule has 0 saturated carbocycles. The van der Waals surface area contributed by atoms with Crippen molar-refractivity contribution in [3.63, 3.8) is 0 Å². The number of aromatic nitrogens is 1. The molecule has 16 heavy (non-hydrogen) atoms. The molecule has 84 valence electrons. The maximum absolute atomic E-state index is 5.57. The minimum Gasteiger partial charge on any atom is -0.330 e. The van der Waals surface area contributed by atoms with Crippen molar-refractivity contribution in [1.29, 1.82) is 0 Å². The standard InChI is InChI=1S/C12H13BrN2S/c1-8-11(6-7-14)16-12(15-8)9-2-4-10(13)5-3-9/h2-5H,6-7,14H2,1H3. The molecule has 0 fully saturated rings. The highest BCUT2D eigenvalue weighted by atomic mass is 79.9. The van der Waals surface area contributed by atoms with Gasteiger partial charge in [0, 0.05) is 14.9 Å². The van der Waals surface area contributed by atoms with Gasteiger partial charge in [0.25, 0.3) is 0 Å². The van der Waals surface area contributed by atoms with E-state index in [1.54, 1.807) is 11.3 Å². The van der Waals surface area contributed by atoms with E-state index in [1.165, 1.54) is 10.4 Å². The quantitative estimate of drug-likeness (QED) is 0.943. The van der Waals surface area contributed by atoms with Gasteiger partial charge in [-0.2, -0.15) is 0 Å². The maximum Gasteiger partial charge on any atom is 0.123 e. The third-order valence-corrected chi connectivity index (χ3v) is 4.15. The fraction of sp³-hybridized carbons (Fsp3) is 0.250. The number of nitrogens with two attached hydrogens (primary N) is 1. The van der Waals surface area contributed by atoms with Gasteiger partial charge in [0.15, 0.2) is 0 Å². The summed E-state index contributed by atoms with van der Waals surface area (Å²) in [5, 5.41) is 1.08.